The number of nitrogens with zero attached hydrogens (tertiary/aromatic N) is 1. The molecule has 6 heteroatoms. The average molecular weight is 316 g/mol. The maximum absolute atomic E-state index is 12.0. The number of carbonyl (C=O) groups is 2. The van der Waals surface area contributed by atoms with Crippen LogP contribution in [-0.2, 0) is 16.0 Å². The van der Waals surface area contributed by atoms with Crippen LogP contribution in [0.2, 0.25) is 0 Å². The number of carboxylic acid groups (broad SMARTS) is 1. The summed E-state index contributed by atoms with van der Waals surface area (Å²) in [7, 11) is 0. The largest absolute Gasteiger partial charge is 0.484 e. The normalized spacial score (nSPS) is 16.1. The van der Waals surface area contributed by atoms with Crippen LogP contribution in [0.5, 0.6) is 5.75 Å². The highest BCUT2D eigenvalue weighted by atomic mass is 16.5. The van der Waals surface area contributed by atoms with Gasteiger partial charge in [-0.2, -0.15) is 5.26 Å². The summed E-state index contributed by atoms with van der Waals surface area (Å²) in [4.78, 5) is 22.6. The average Bonchev–Trinajstić information content (AvgIpc) is 2.54. The lowest BCUT2D eigenvalue weighted by Gasteiger charge is -2.31. The van der Waals surface area contributed by atoms with Gasteiger partial charge in [0.15, 0.2) is 6.61 Å². The van der Waals surface area contributed by atoms with E-state index < -0.39 is 11.5 Å². The topological polar surface area (TPSA) is 99.4 Å². The molecule has 1 aromatic carbocycles. The van der Waals surface area contributed by atoms with Crippen molar-refractivity contribution in [3.05, 3.63) is 29.8 Å². The van der Waals surface area contributed by atoms with Crippen molar-refractivity contribution in [1.82, 2.24) is 5.32 Å². The second-order valence-electron chi connectivity index (χ2n) is 5.81. The van der Waals surface area contributed by atoms with E-state index in [0.29, 0.717) is 24.2 Å². The van der Waals surface area contributed by atoms with Crippen molar-refractivity contribution in [2.45, 2.75) is 44.1 Å². The molecular weight excluding hydrogens is 296 g/mol. The Labute approximate surface area is 135 Å². The van der Waals surface area contributed by atoms with Gasteiger partial charge in [-0.1, -0.05) is 31.4 Å². The molecule has 6 nitrogen and oxygen atoms in total. The Morgan fingerprint density at radius 2 is 1.87 bits per heavy atom. The highest BCUT2D eigenvalue weighted by Gasteiger charge is 2.33. The van der Waals surface area contributed by atoms with E-state index in [2.05, 4.69) is 11.4 Å². The molecule has 0 spiro atoms. The molecule has 0 atom stereocenters. The lowest BCUT2D eigenvalue weighted by Crippen LogP contribution is -2.50. The summed E-state index contributed by atoms with van der Waals surface area (Å²) in [6.45, 7) is -0.165. The van der Waals surface area contributed by atoms with Crippen LogP contribution in [0.15, 0.2) is 24.3 Å². The number of rotatable bonds is 6. The number of nitriles is 1. The van der Waals surface area contributed by atoms with Crippen molar-refractivity contribution in [3.8, 4) is 11.8 Å². The van der Waals surface area contributed by atoms with Gasteiger partial charge in [0.25, 0.3) is 5.91 Å². The molecule has 1 aliphatic carbocycles. The van der Waals surface area contributed by atoms with Crippen LogP contribution in [0.4, 0.5) is 0 Å². The number of benzene rings is 1. The summed E-state index contributed by atoms with van der Waals surface area (Å²) in [5.41, 5.74) is -0.0933. The fourth-order valence-electron chi connectivity index (χ4n) is 2.75. The van der Waals surface area contributed by atoms with Crippen molar-refractivity contribution < 1.29 is 19.4 Å². The number of carboxylic acids is 1. The number of hydrogen-bond donors (Lipinski definition) is 2. The molecule has 0 aliphatic heterocycles. The zero-order valence-corrected chi connectivity index (χ0v) is 12.9. The van der Waals surface area contributed by atoms with Crippen molar-refractivity contribution in [2.75, 3.05) is 6.61 Å². The molecule has 1 aliphatic rings. The highest BCUT2D eigenvalue weighted by Crippen LogP contribution is 2.27. The molecule has 2 rings (SSSR count). The summed E-state index contributed by atoms with van der Waals surface area (Å²) in [5, 5.41) is 20.8. The molecule has 0 unspecified atom stereocenters. The Balaban J connectivity index is 1.84. The van der Waals surface area contributed by atoms with Gasteiger partial charge in [0.05, 0.1) is 12.5 Å². The summed E-state index contributed by atoms with van der Waals surface area (Å²) in [5.74, 6) is -0.723. The van der Waals surface area contributed by atoms with Crippen molar-refractivity contribution in [3.63, 3.8) is 0 Å². The minimum atomic E-state index is -0.896. The second-order valence-corrected chi connectivity index (χ2v) is 5.81. The van der Waals surface area contributed by atoms with Gasteiger partial charge in [0.2, 0.25) is 0 Å². The third kappa shape index (κ3) is 4.99. The zero-order valence-electron chi connectivity index (χ0n) is 12.9. The van der Waals surface area contributed by atoms with E-state index in [1.807, 2.05) is 0 Å². The van der Waals surface area contributed by atoms with Gasteiger partial charge in [-0.25, -0.2) is 0 Å². The van der Waals surface area contributed by atoms with Crippen LogP contribution < -0.4 is 10.1 Å². The quantitative estimate of drug-likeness (QED) is 0.836. The maximum atomic E-state index is 12.0. The van der Waals surface area contributed by atoms with Gasteiger partial charge < -0.3 is 15.2 Å². The molecule has 1 amide bonds. The smallest absolute Gasteiger partial charge is 0.307 e. The lowest BCUT2D eigenvalue weighted by molar-refractivity contribution is -0.136. The van der Waals surface area contributed by atoms with Crippen molar-refractivity contribution >= 4 is 11.9 Å². The van der Waals surface area contributed by atoms with E-state index in [-0.39, 0.29) is 18.9 Å². The van der Waals surface area contributed by atoms with Gasteiger partial charge in [-0.15, -0.1) is 0 Å². The standard InChI is InChI=1S/C17H20N2O4/c18-12-17(8-2-1-3-9-17)19-15(20)11-23-14-6-4-13(5-7-14)10-16(21)22/h4-7H,1-3,8-11H2,(H,19,20)(H,21,22). The SMILES string of the molecule is N#CC1(NC(=O)COc2ccc(CC(=O)O)cc2)CCCCC1. The molecule has 0 bridgehead atoms. The minimum Gasteiger partial charge on any atom is -0.484 e. The monoisotopic (exact) mass is 316 g/mol. The van der Waals surface area contributed by atoms with Crippen molar-refractivity contribution in [1.29, 1.82) is 5.26 Å². The summed E-state index contributed by atoms with van der Waals surface area (Å²) < 4.78 is 5.39. The van der Waals surface area contributed by atoms with Crippen LogP contribution in [0.1, 0.15) is 37.7 Å². The Hall–Kier alpha value is -2.55. The first-order valence-electron chi connectivity index (χ1n) is 7.69. The molecule has 1 fully saturated rings. The highest BCUT2D eigenvalue weighted by molar-refractivity contribution is 5.79. The molecule has 1 saturated carbocycles. The van der Waals surface area contributed by atoms with Crippen LogP contribution >= 0.6 is 0 Å². The van der Waals surface area contributed by atoms with Gasteiger partial charge in [-0.05, 0) is 30.5 Å². The maximum Gasteiger partial charge on any atom is 0.307 e. The third-order valence-electron chi connectivity index (χ3n) is 3.95. The first-order chi connectivity index (χ1) is 11.0. The first-order valence-corrected chi connectivity index (χ1v) is 7.69. The fraction of sp³-hybridized carbons (Fsp3) is 0.471. The zero-order chi connectivity index (χ0) is 16.7. The molecule has 0 heterocycles. The molecule has 122 valence electrons. The van der Waals surface area contributed by atoms with E-state index in [4.69, 9.17) is 9.84 Å². The molecule has 0 saturated heterocycles. The van der Waals surface area contributed by atoms with Crippen LogP contribution in [0, 0.1) is 11.3 Å². The summed E-state index contributed by atoms with van der Waals surface area (Å²) in [6, 6.07) is 8.80. The Morgan fingerprint density at radius 3 is 2.43 bits per heavy atom. The second kappa shape index (κ2) is 7.63. The third-order valence-corrected chi connectivity index (χ3v) is 3.95. The van der Waals surface area contributed by atoms with Gasteiger partial charge >= 0.3 is 5.97 Å². The lowest BCUT2D eigenvalue weighted by atomic mass is 9.83. The van der Waals surface area contributed by atoms with E-state index >= 15 is 0 Å². The Morgan fingerprint density at radius 1 is 1.22 bits per heavy atom. The van der Waals surface area contributed by atoms with E-state index in [9.17, 15) is 14.9 Å². The Kier molecular flexibility index (Phi) is 5.58. The van der Waals surface area contributed by atoms with Gasteiger partial charge in [0.1, 0.15) is 11.3 Å². The predicted octanol–water partition coefficient (Wildman–Crippen LogP) is 2.04. The summed E-state index contributed by atoms with van der Waals surface area (Å²) in [6.07, 6.45) is 4.29. The molecule has 0 radical (unpaired) electrons. The Bertz CT molecular complexity index is 598. The number of aliphatic carboxylic acids is 1. The molecule has 1 aromatic rings. The number of amides is 1. The number of hydrogen-bond acceptors (Lipinski definition) is 4. The van der Waals surface area contributed by atoms with Crippen LogP contribution in [0.25, 0.3) is 0 Å². The van der Waals surface area contributed by atoms with Gasteiger partial charge in [0, 0.05) is 0 Å². The summed E-state index contributed by atoms with van der Waals surface area (Å²) >= 11 is 0. The molecule has 2 N–H and O–H groups in total. The van der Waals surface area contributed by atoms with Crippen LogP contribution in [-0.4, -0.2) is 29.1 Å². The number of carbonyl (C=O) groups excluding carboxylic acids is 1. The number of ether oxygens (including phenoxy) is 1. The van der Waals surface area contributed by atoms with Crippen LogP contribution in [0.3, 0.4) is 0 Å². The fourth-order valence-corrected chi connectivity index (χ4v) is 2.75. The predicted molar refractivity (Wildman–Crippen MR) is 82.8 cm³/mol. The first kappa shape index (κ1) is 16.8. The molecule has 0 aromatic heterocycles. The van der Waals surface area contributed by atoms with Crippen molar-refractivity contribution in [2.24, 2.45) is 0 Å². The molecular formula is C17H20N2O4. The van der Waals surface area contributed by atoms with E-state index in [0.717, 1.165) is 19.3 Å². The van der Waals surface area contributed by atoms with E-state index in [1.54, 1.807) is 24.3 Å². The number of nitrogens with one attached hydrogen (secondary N) is 1. The van der Waals surface area contributed by atoms with E-state index in [1.165, 1.54) is 0 Å². The van der Waals surface area contributed by atoms with Gasteiger partial charge in [-0.3, -0.25) is 9.59 Å². The minimum absolute atomic E-state index is 0.0501. The molecule has 23 heavy (non-hydrogen) atoms.